The SMILES string of the molecule is CCCCCCSCCOC(=O)CCCN(CCCC(=O)OCCSCCCCCC)CCN1CCN(CCCC(=O)OCCSCCCCCC)CC1. The van der Waals surface area contributed by atoms with Gasteiger partial charge in [-0.3, -0.25) is 19.3 Å². The number of ether oxygens (including phenoxy) is 3. The van der Waals surface area contributed by atoms with Crippen molar-refractivity contribution < 1.29 is 28.6 Å². The second-order valence-electron chi connectivity index (χ2n) is 14.5. The van der Waals surface area contributed by atoms with Gasteiger partial charge in [-0.2, -0.15) is 35.3 Å². The smallest absolute Gasteiger partial charge is 0.305 e. The van der Waals surface area contributed by atoms with Crippen molar-refractivity contribution >= 4 is 53.2 Å². The number of carbonyl (C=O) groups is 3. The van der Waals surface area contributed by atoms with E-state index in [1.54, 1.807) is 0 Å². The molecule has 1 heterocycles. The molecule has 318 valence electrons. The summed E-state index contributed by atoms with van der Waals surface area (Å²) in [5.41, 5.74) is 0. The Labute approximate surface area is 344 Å². The fourth-order valence-corrected chi connectivity index (χ4v) is 8.70. The van der Waals surface area contributed by atoms with Crippen LogP contribution < -0.4 is 0 Å². The number of esters is 3. The van der Waals surface area contributed by atoms with Gasteiger partial charge in [-0.1, -0.05) is 78.6 Å². The van der Waals surface area contributed by atoms with Gasteiger partial charge in [0.15, 0.2) is 0 Å². The first-order valence-corrected chi connectivity index (χ1v) is 25.3. The van der Waals surface area contributed by atoms with Crippen LogP contribution in [0.25, 0.3) is 0 Å². The second kappa shape index (κ2) is 39.2. The highest BCUT2D eigenvalue weighted by Crippen LogP contribution is 2.11. The van der Waals surface area contributed by atoms with E-state index in [9.17, 15) is 14.4 Å². The van der Waals surface area contributed by atoms with Crippen molar-refractivity contribution in [3.63, 3.8) is 0 Å². The van der Waals surface area contributed by atoms with E-state index < -0.39 is 0 Å². The molecule has 1 aliphatic rings. The number of unbranched alkanes of at least 4 members (excludes halogenated alkanes) is 9. The maximum atomic E-state index is 12.4. The molecule has 9 nitrogen and oxygen atoms in total. The molecule has 1 saturated heterocycles. The van der Waals surface area contributed by atoms with E-state index in [0.29, 0.717) is 39.1 Å². The molecule has 1 rings (SSSR count). The predicted octanol–water partition coefficient (Wildman–Crippen LogP) is 8.82. The first kappa shape index (κ1) is 51.4. The van der Waals surface area contributed by atoms with Crippen LogP contribution in [0, 0.1) is 0 Å². The zero-order chi connectivity index (χ0) is 39.2. The Morgan fingerprint density at radius 3 is 1.20 bits per heavy atom. The predicted molar refractivity (Wildman–Crippen MR) is 234 cm³/mol. The largest absolute Gasteiger partial charge is 0.465 e. The van der Waals surface area contributed by atoms with Crippen LogP contribution in [0.1, 0.15) is 136 Å². The molecule has 0 saturated carbocycles. The zero-order valence-electron chi connectivity index (χ0n) is 35.0. The molecule has 0 N–H and O–H groups in total. The van der Waals surface area contributed by atoms with Crippen molar-refractivity contribution in [1.82, 2.24) is 14.7 Å². The summed E-state index contributed by atoms with van der Waals surface area (Å²) in [5.74, 6) is 5.80. The van der Waals surface area contributed by atoms with Crippen LogP contribution in [0.5, 0.6) is 0 Å². The molecule has 0 amide bonds. The molecule has 54 heavy (non-hydrogen) atoms. The van der Waals surface area contributed by atoms with E-state index in [4.69, 9.17) is 14.2 Å². The van der Waals surface area contributed by atoms with Gasteiger partial charge in [-0.15, -0.1) is 0 Å². The summed E-state index contributed by atoms with van der Waals surface area (Å²) in [5, 5.41) is 0. The Bertz CT molecular complexity index is 844. The number of carbonyl (C=O) groups excluding carboxylic acids is 3. The first-order valence-electron chi connectivity index (χ1n) is 21.9. The van der Waals surface area contributed by atoms with E-state index in [2.05, 4.69) is 35.5 Å². The van der Waals surface area contributed by atoms with Gasteiger partial charge in [0.2, 0.25) is 0 Å². The molecule has 0 aliphatic carbocycles. The average Bonchev–Trinajstić information content (AvgIpc) is 3.17. The summed E-state index contributed by atoms with van der Waals surface area (Å²) >= 11 is 5.64. The Kier molecular flexibility index (Phi) is 37.3. The minimum atomic E-state index is -0.107. The lowest BCUT2D eigenvalue weighted by Gasteiger charge is -2.35. The average molecular weight is 820 g/mol. The molecule has 0 aromatic rings. The van der Waals surface area contributed by atoms with E-state index in [0.717, 1.165) is 113 Å². The molecule has 0 radical (unpaired) electrons. The number of piperazine rings is 1. The van der Waals surface area contributed by atoms with Crippen LogP contribution in [0.4, 0.5) is 0 Å². The van der Waals surface area contributed by atoms with Gasteiger partial charge in [0.1, 0.15) is 19.8 Å². The van der Waals surface area contributed by atoms with Crippen molar-refractivity contribution in [2.24, 2.45) is 0 Å². The van der Waals surface area contributed by atoms with Crippen LogP contribution >= 0.6 is 35.3 Å². The van der Waals surface area contributed by atoms with Crippen LogP contribution in [-0.2, 0) is 28.6 Å². The lowest BCUT2D eigenvalue weighted by molar-refractivity contribution is -0.144. The van der Waals surface area contributed by atoms with Crippen molar-refractivity contribution in [2.45, 2.75) is 136 Å². The van der Waals surface area contributed by atoms with E-state index in [1.165, 1.54) is 77.0 Å². The van der Waals surface area contributed by atoms with Crippen LogP contribution in [0.2, 0.25) is 0 Å². The minimum Gasteiger partial charge on any atom is -0.465 e. The van der Waals surface area contributed by atoms with Gasteiger partial charge >= 0.3 is 17.9 Å². The Balaban J connectivity index is 2.32. The Hall–Kier alpha value is -0.660. The summed E-state index contributed by atoms with van der Waals surface area (Å²) in [6, 6.07) is 0. The lowest BCUT2D eigenvalue weighted by Crippen LogP contribution is -2.48. The summed E-state index contributed by atoms with van der Waals surface area (Å²) < 4.78 is 16.5. The van der Waals surface area contributed by atoms with Crippen molar-refractivity contribution in [1.29, 1.82) is 0 Å². The van der Waals surface area contributed by atoms with Crippen LogP contribution in [0.15, 0.2) is 0 Å². The number of rotatable bonds is 39. The molecular formula is C42H81N3O6S3. The summed E-state index contributed by atoms with van der Waals surface area (Å²) in [6.07, 6.45) is 19.0. The molecule has 0 spiro atoms. The molecular weight excluding hydrogens is 739 g/mol. The normalized spacial score (nSPS) is 13.8. The molecule has 0 aromatic heterocycles. The number of thioether (sulfide) groups is 3. The van der Waals surface area contributed by atoms with Gasteiger partial charge in [-0.05, 0) is 75.4 Å². The second-order valence-corrected chi connectivity index (χ2v) is 18.2. The fourth-order valence-electron chi connectivity index (χ4n) is 6.25. The van der Waals surface area contributed by atoms with Crippen LogP contribution in [0.3, 0.4) is 0 Å². The van der Waals surface area contributed by atoms with Crippen molar-refractivity contribution in [3.8, 4) is 0 Å². The topological polar surface area (TPSA) is 88.6 Å². The fraction of sp³-hybridized carbons (Fsp3) is 0.929. The molecule has 1 fully saturated rings. The maximum absolute atomic E-state index is 12.4. The van der Waals surface area contributed by atoms with Gasteiger partial charge in [0, 0.05) is 75.8 Å². The standard InChI is InChI=1S/C42H81N3O6S3/c1-4-7-10-13-34-52-37-31-49-40(46)19-16-22-43(23-17-20-41(47)50-32-38-53-35-14-11-8-5-2)25-28-45-29-26-44(27-30-45)24-18-21-42(48)51-33-39-54-36-15-12-9-6-3/h4-39H2,1-3H3. The van der Waals surface area contributed by atoms with Gasteiger partial charge in [0.25, 0.3) is 0 Å². The molecule has 1 aliphatic heterocycles. The van der Waals surface area contributed by atoms with Crippen molar-refractivity contribution in [2.75, 3.05) is 113 Å². The highest BCUT2D eigenvalue weighted by molar-refractivity contribution is 7.99. The highest BCUT2D eigenvalue weighted by Gasteiger charge is 2.18. The highest BCUT2D eigenvalue weighted by atomic mass is 32.2. The monoisotopic (exact) mass is 820 g/mol. The molecule has 0 aromatic carbocycles. The quantitative estimate of drug-likeness (QED) is 0.0338. The first-order chi connectivity index (χ1) is 26.5. The van der Waals surface area contributed by atoms with Crippen molar-refractivity contribution in [3.05, 3.63) is 0 Å². The van der Waals surface area contributed by atoms with Gasteiger partial charge in [0.05, 0.1) is 0 Å². The molecule has 0 atom stereocenters. The Morgan fingerprint density at radius 2 is 0.815 bits per heavy atom. The summed E-state index contributed by atoms with van der Waals surface area (Å²) in [6.45, 7) is 16.7. The minimum absolute atomic E-state index is 0.0684. The van der Waals surface area contributed by atoms with E-state index in [-0.39, 0.29) is 17.9 Å². The molecule has 0 unspecified atom stereocenters. The zero-order valence-corrected chi connectivity index (χ0v) is 37.4. The lowest BCUT2D eigenvalue weighted by atomic mass is 10.2. The van der Waals surface area contributed by atoms with Gasteiger partial charge in [-0.25, -0.2) is 0 Å². The summed E-state index contributed by atoms with van der Waals surface area (Å²) in [7, 11) is 0. The number of hydrogen-bond acceptors (Lipinski definition) is 12. The third-order valence-electron chi connectivity index (χ3n) is 9.66. The van der Waals surface area contributed by atoms with Crippen LogP contribution in [-0.4, -0.2) is 146 Å². The third-order valence-corrected chi connectivity index (χ3v) is 12.8. The molecule has 0 bridgehead atoms. The third kappa shape index (κ3) is 33.5. The number of nitrogens with zero attached hydrogens (tertiary/aromatic N) is 3. The summed E-state index contributed by atoms with van der Waals surface area (Å²) in [4.78, 5) is 44.4. The number of hydrogen-bond donors (Lipinski definition) is 0. The van der Waals surface area contributed by atoms with Gasteiger partial charge < -0.3 is 24.0 Å². The van der Waals surface area contributed by atoms with E-state index >= 15 is 0 Å². The molecule has 12 heteroatoms. The Morgan fingerprint density at radius 1 is 0.444 bits per heavy atom. The maximum Gasteiger partial charge on any atom is 0.305 e. The van der Waals surface area contributed by atoms with E-state index in [1.807, 2.05) is 35.3 Å².